The molecule has 40 heavy (non-hydrogen) atoms. The number of carboxylic acid groups (broad SMARTS) is 1. The zero-order chi connectivity index (χ0) is 28.8. The first-order chi connectivity index (χ1) is 18.7. The van der Waals surface area contributed by atoms with Crippen LogP contribution >= 0.6 is 0 Å². The second-order valence-electron chi connectivity index (χ2n) is 17.6. The molecule has 5 nitrogen and oxygen atoms in total. The van der Waals surface area contributed by atoms with Gasteiger partial charge in [0.25, 0.3) is 0 Å². The van der Waals surface area contributed by atoms with Crippen LogP contribution in [0.25, 0.3) is 0 Å². The van der Waals surface area contributed by atoms with Crippen LogP contribution in [0.2, 0.25) is 0 Å². The molecular formula is C35H56O5. The Balaban J connectivity index is 1.38. The molecule has 7 fully saturated rings. The van der Waals surface area contributed by atoms with Crippen molar-refractivity contribution in [3.8, 4) is 0 Å². The number of fused-ring (bicyclic) bond motifs is 5. The van der Waals surface area contributed by atoms with Gasteiger partial charge in [-0.1, -0.05) is 41.0 Å². The summed E-state index contributed by atoms with van der Waals surface area (Å²) >= 11 is 0. The average Bonchev–Trinajstić information content (AvgIpc) is 3.09. The van der Waals surface area contributed by atoms with Gasteiger partial charge >= 0.3 is 5.97 Å². The Morgan fingerprint density at radius 2 is 1.55 bits per heavy atom. The third kappa shape index (κ3) is 2.78. The SMILES string of the molecule is CCC[C@@H]1[C@]23CC[C@H]4[C@@]5(C)[C@@H](CC[C@@H](C[C@]1(O)OC2)[C@]35CO)C[C@@]1(C)[C@@H]2C[C@](C)(C(=O)O)CC[C@]2(C)CC[C@]41C. The minimum atomic E-state index is -1.03. The highest BCUT2D eigenvalue weighted by molar-refractivity contribution is 5.74. The number of ether oxygens (including phenoxy) is 1. The fourth-order valence-electron chi connectivity index (χ4n) is 14.9. The van der Waals surface area contributed by atoms with Crippen molar-refractivity contribution in [2.75, 3.05) is 13.2 Å². The summed E-state index contributed by atoms with van der Waals surface area (Å²) in [7, 11) is 0. The van der Waals surface area contributed by atoms with Gasteiger partial charge in [0.1, 0.15) is 0 Å². The van der Waals surface area contributed by atoms with Crippen molar-refractivity contribution in [2.24, 2.45) is 67.5 Å². The van der Waals surface area contributed by atoms with E-state index in [1.54, 1.807) is 0 Å². The standard InChI is InChI=1S/C35H56O5/c1-7-8-25-33-12-11-24-30(4)16-15-28(2)13-14-29(3,27(37)38)19-26(28)31(30,5)17-22-9-10-23(18-35(25,39)40-21-33)34(33,20-36)32(22,24)6/h22-26,36,39H,7-21H2,1-6H3,(H,37,38)/t22-,23-,24+,25+,26+,28+,29+,30+,31-,32+,33-,34-,35-/m0/s1. The average molecular weight is 557 g/mol. The Morgan fingerprint density at radius 1 is 0.850 bits per heavy atom. The molecular weight excluding hydrogens is 500 g/mol. The number of aliphatic hydroxyl groups excluding tert-OH is 1. The Kier molecular flexibility index (Phi) is 5.69. The van der Waals surface area contributed by atoms with Crippen LogP contribution in [0.1, 0.15) is 125 Å². The minimum absolute atomic E-state index is 0.00327. The van der Waals surface area contributed by atoms with E-state index in [2.05, 4.69) is 34.6 Å². The van der Waals surface area contributed by atoms with Gasteiger partial charge in [-0.2, -0.15) is 0 Å². The first kappa shape index (κ1) is 28.1. The Hall–Kier alpha value is -0.650. The predicted molar refractivity (Wildman–Crippen MR) is 154 cm³/mol. The first-order valence-electron chi connectivity index (χ1n) is 16.9. The molecule has 226 valence electrons. The van der Waals surface area contributed by atoms with E-state index in [4.69, 9.17) is 4.74 Å². The maximum Gasteiger partial charge on any atom is 0.309 e. The molecule has 1 aliphatic heterocycles. The number of carbonyl (C=O) groups is 1. The van der Waals surface area contributed by atoms with Crippen molar-refractivity contribution in [1.82, 2.24) is 0 Å². The summed E-state index contributed by atoms with van der Waals surface area (Å²) in [4.78, 5) is 12.6. The van der Waals surface area contributed by atoms with Crippen LogP contribution in [0.5, 0.6) is 0 Å². The molecule has 7 rings (SSSR count). The van der Waals surface area contributed by atoms with E-state index < -0.39 is 17.2 Å². The Morgan fingerprint density at radius 3 is 2.23 bits per heavy atom. The summed E-state index contributed by atoms with van der Waals surface area (Å²) in [6.07, 6.45) is 13.3. The van der Waals surface area contributed by atoms with E-state index in [1.165, 1.54) is 12.8 Å². The third-order valence-corrected chi connectivity index (χ3v) is 17.0. The molecule has 0 unspecified atom stereocenters. The lowest BCUT2D eigenvalue weighted by atomic mass is 9.22. The van der Waals surface area contributed by atoms with Gasteiger partial charge in [0.2, 0.25) is 0 Å². The van der Waals surface area contributed by atoms with Crippen molar-refractivity contribution < 1.29 is 24.9 Å². The monoisotopic (exact) mass is 556 g/mol. The molecule has 1 spiro atoms. The molecule has 7 aliphatic rings. The van der Waals surface area contributed by atoms with Gasteiger partial charge < -0.3 is 20.1 Å². The van der Waals surface area contributed by atoms with Crippen LogP contribution in [-0.2, 0) is 9.53 Å². The highest BCUT2D eigenvalue weighted by Gasteiger charge is 2.84. The van der Waals surface area contributed by atoms with E-state index in [0.717, 1.165) is 64.2 Å². The zero-order valence-electron chi connectivity index (χ0n) is 26.2. The van der Waals surface area contributed by atoms with Gasteiger partial charge in [-0.05, 0) is 123 Å². The van der Waals surface area contributed by atoms with Crippen LogP contribution in [-0.4, -0.2) is 40.3 Å². The summed E-state index contributed by atoms with van der Waals surface area (Å²) < 4.78 is 6.46. The van der Waals surface area contributed by atoms with Crippen molar-refractivity contribution in [1.29, 1.82) is 0 Å². The van der Waals surface area contributed by atoms with Crippen molar-refractivity contribution in [3.05, 3.63) is 0 Å². The minimum Gasteiger partial charge on any atom is -0.481 e. The van der Waals surface area contributed by atoms with E-state index >= 15 is 0 Å². The number of rotatable bonds is 4. The van der Waals surface area contributed by atoms with Gasteiger partial charge in [-0.3, -0.25) is 4.79 Å². The van der Waals surface area contributed by atoms with Crippen LogP contribution in [0.3, 0.4) is 0 Å². The summed E-state index contributed by atoms with van der Waals surface area (Å²) in [5.74, 6) is 0.202. The topological polar surface area (TPSA) is 87.0 Å². The maximum atomic E-state index is 12.6. The van der Waals surface area contributed by atoms with Gasteiger partial charge in [0, 0.05) is 23.2 Å². The van der Waals surface area contributed by atoms with Crippen molar-refractivity contribution in [2.45, 2.75) is 131 Å². The fourth-order valence-corrected chi connectivity index (χ4v) is 14.9. The van der Waals surface area contributed by atoms with Crippen molar-refractivity contribution >= 4 is 5.97 Å². The largest absolute Gasteiger partial charge is 0.481 e. The van der Waals surface area contributed by atoms with Crippen LogP contribution in [0.4, 0.5) is 0 Å². The van der Waals surface area contributed by atoms with Gasteiger partial charge in [-0.25, -0.2) is 0 Å². The molecule has 0 radical (unpaired) electrons. The quantitative estimate of drug-likeness (QED) is 0.346. The lowest BCUT2D eigenvalue weighted by Gasteiger charge is -2.81. The van der Waals surface area contributed by atoms with E-state index in [0.29, 0.717) is 36.7 Å². The molecule has 0 amide bonds. The number of aliphatic hydroxyl groups is 2. The number of aliphatic carboxylic acids is 1. The maximum absolute atomic E-state index is 12.6. The van der Waals surface area contributed by atoms with Crippen LogP contribution in [0, 0.1) is 67.5 Å². The molecule has 0 aromatic rings. The molecule has 0 aromatic carbocycles. The predicted octanol–water partition coefficient (Wildman–Crippen LogP) is 7.04. The van der Waals surface area contributed by atoms with Gasteiger partial charge in [-0.15, -0.1) is 0 Å². The molecule has 5 heteroatoms. The number of hydrogen-bond acceptors (Lipinski definition) is 4. The fraction of sp³-hybridized carbons (Fsp3) is 0.971. The smallest absolute Gasteiger partial charge is 0.309 e. The summed E-state index contributed by atoms with van der Waals surface area (Å²) in [6, 6.07) is 0. The molecule has 6 saturated carbocycles. The first-order valence-corrected chi connectivity index (χ1v) is 16.9. The Bertz CT molecular complexity index is 1110. The second-order valence-corrected chi connectivity index (χ2v) is 17.6. The molecule has 2 bridgehead atoms. The van der Waals surface area contributed by atoms with Crippen LogP contribution < -0.4 is 0 Å². The lowest BCUT2D eigenvalue weighted by Crippen LogP contribution is -2.78. The normalized spacial score (nSPS) is 61.8. The number of carboxylic acids is 1. The lowest BCUT2D eigenvalue weighted by molar-refractivity contribution is -0.355. The summed E-state index contributed by atoms with van der Waals surface area (Å²) in [5, 5.41) is 34.1. The highest BCUT2D eigenvalue weighted by Crippen LogP contribution is 2.86. The molecule has 0 aromatic heterocycles. The van der Waals surface area contributed by atoms with E-state index in [1.807, 2.05) is 6.92 Å². The molecule has 1 heterocycles. The van der Waals surface area contributed by atoms with Crippen LogP contribution in [0.15, 0.2) is 0 Å². The summed E-state index contributed by atoms with van der Waals surface area (Å²) in [6.45, 7) is 15.3. The molecule has 13 atom stereocenters. The van der Waals surface area contributed by atoms with Gasteiger partial charge in [0.05, 0.1) is 18.6 Å². The molecule has 1 saturated heterocycles. The Labute approximate surface area is 242 Å². The second kappa shape index (κ2) is 8.08. The third-order valence-electron chi connectivity index (χ3n) is 17.0. The van der Waals surface area contributed by atoms with E-state index in [-0.39, 0.29) is 45.0 Å². The van der Waals surface area contributed by atoms with Crippen molar-refractivity contribution in [3.63, 3.8) is 0 Å². The molecule has 3 N–H and O–H groups in total. The van der Waals surface area contributed by atoms with Gasteiger partial charge in [0.15, 0.2) is 5.79 Å². The summed E-state index contributed by atoms with van der Waals surface area (Å²) in [5.41, 5.74) is -0.596. The van der Waals surface area contributed by atoms with E-state index in [9.17, 15) is 20.1 Å². The molecule has 6 aliphatic carbocycles. The highest BCUT2D eigenvalue weighted by atomic mass is 16.6. The number of hydrogen-bond donors (Lipinski definition) is 3. The zero-order valence-corrected chi connectivity index (χ0v) is 26.2.